The summed E-state index contributed by atoms with van der Waals surface area (Å²) >= 11 is 1.06. The molecule has 0 bridgehead atoms. The maximum atomic E-state index is 13.4. The summed E-state index contributed by atoms with van der Waals surface area (Å²) in [5.41, 5.74) is 4.78. The third kappa shape index (κ3) is 2.83. The van der Waals surface area contributed by atoms with E-state index in [1.807, 2.05) is 0 Å². The Balaban J connectivity index is 2.25. The zero-order chi connectivity index (χ0) is 14.0. The lowest BCUT2D eigenvalue weighted by atomic mass is 10.2. The molecule has 1 heterocycles. The van der Waals surface area contributed by atoms with Crippen LogP contribution in [0.25, 0.3) is 0 Å². The van der Waals surface area contributed by atoms with Gasteiger partial charge in [0.25, 0.3) is 11.6 Å². The number of nitro benzene ring substituents is 1. The molecular weight excluding hydrogens is 275 g/mol. The van der Waals surface area contributed by atoms with Crippen molar-refractivity contribution in [3.05, 3.63) is 45.2 Å². The molecule has 1 aromatic carbocycles. The van der Waals surface area contributed by atoms with Gasteiger partial charge in [-0.1, -0.05) is 0 Å². The second kappa shape index (κ2) is 4.98. The van der Waals surface area contributed by atoms with Gasteiger partial charge in [0, 0.05) is 17.5 Å². The smallest absolute Gasteiger partial charge is 0.275 e. The van der Waals surface area contributed by atoms with Gasteiger partial charge in [0.2, 0.25) is 0 Å². The van der Waals surface area contributed by atoms with Gasteiger partial charge in [-0.2, -0.15) is 0 Å². The van der Waals surface area contributed by atoms with E-state index in [1.54, 1.807) is 0 Å². The van der Waals surface area contributed by atoms with Crippen LogP contribution in [-0.2, 0) is 0 Å². The molecule has 0 fully saturated rings. The van der Waals surface area contributed by atoms with Crippen molar-refractivity contribution >= 4 is 33.8 Å². The summed E-state index contributed by atoms with van der Waals surface area (Å²) in [4.78, 5) is 25.3. The predicted octanol–water partition coefficient (Wildman–Crippen LogP) is 2.02. The van der Waals surface area contributed by atoms with E-state index in [9.17, 15) is 19.3 Å². The Bertz CT molecular complexity index is 658. The molecule has 0 spiro atoms. The van der Waals surface area contributed by atoms with Gasteiger partial charge in [-0.15, -0.1) is 11.3 Å². The molecule has 2 rings (SSSR count). The summed E-state index contributed by atoms with van der Waals surface area (Å²) in [6.45, 7) is 0. The molecule has 0 atom stereocenters. The number of nitrogens with one attached hydrogen (secondary N) is 1. The standard InChI is InChI=1S/C10H7FN4O3S/c11-6-2-1-5(15(17)18)3-7(6)13-9(16)8-4-19-10(12)14-8/h1-4H,(H2,12,14)(H,13,16). The summed E-state index contributed by atoms with van der Waals surface area (Å²) in [6.07, 6.45) is 0. The van der Waals surface area contributed by atoms with Crippen LogP contribution in [0, 0.1) is 15.9 Å². The van der Waals surface area contributed by atoms with E-state index < -0.39 is 16.6 Å². The molecule has 0 saturated carbocycles. The second-order valence-electron chi connectivity index (χ2n) is 3.45. The van der Waals surface area contributed by atoms with Crippen LogP contribution < -0.4 is 11.1 Å². The fraction of sp³-hybridized carbons (Fsp3) is 0. The highest BCUT2D eigenvalue weighted by Crippen LogP contribution is 2.22. The molecule has 0 saturated heterocycles. The molecule has 0 unspecified atom stereocenters. The highest BCUT2D eigenvalue weighted by atomic mass is 32.1. The molecule has 1 amide bonds. The van der Waals surface area contributed by atoms with Crippen LogP contribution in [0.4, 0.5) is 20.9 Å². The number of anilines is 2. The van der Waals surface area contributed by atoms with E-state index in [0.29, 0.717) is 0 Å². The van der Waals surface area contributed by atoms with Crippen LogP contribution in [0.2, 0.25) is 0 Å². The average Bonchev–Trinajstić information content (AvgIpc) is 2.78. The van der Waals surface area contributed by atoms with E-state index in [0.717, 1.165) is 29.5 Å². The molecule has 7 nitrogen and oxygen atoms in total. The number of amides is 1. The second-order valence-corrected chi connectivity index (χ2v) is 4.34. The van der Waals surface area contributed by atoms with Crippen molar-refractivity contribution in [1.29, 1.82) is 0 Å². The molecule has 19 heavy (non-hydrogen) atoms. The van der Waals surface area contributed by atoms with Crippen LogP contribution in [0.15, 0.2) is 23.6 Å². The Hall–Kier alpha value is -2.55. The number of rotatable bonds is 3. The highest BCUT2D eigenvalue weighted by Gasteiger charge is 2.15. The third-order valence-electron chi connectivity index (χ3n) is 2.16. The molecule has 0 radical (unpaired) electrons. The first-order valence-corrected chi connectivity index (χ1v) is 5.81. The number of hydrogen-bond acceptors (Lipinski definition) is 6. The largest absolute Gasteiger partial charge is 0.375 e. The number of aromatic nitrogens is 1. The monoisotopic (exact) mass is 282 g/mol. The minimum absolute atomic E-state index is 0.0217. The van der Waals surface area contributed by atoms with Gasteiger partial charge in [0.15, 0.2) is 5.13 Å². The first-order valence-electron chi connectivity index (χ1n) is 4.93. The van der Waals surface area contributed by atoms with Crippen molar-refractivity contribution < 1.29 is 14.1 Å². The SMILES string of the molecule is Nc1nc(C(=O)Nc2cc([N+](=O)[O-])ccc2F)cs1. The van der Waals surface area contributed by atoms with Gasteiger partial charge >= 0.3 is 0 Å². The summed E-state index contributed by atoms with van der Waals surface area (Å²) in [6, 6.07) is 2.85. The Morgan fingerprint density at radius 3 is 2.84 bits per heavy atom. The number of nitrogens with zero attached hydrogens (tertiary/aromatic N) is 2. The number of non-ortho nitro benzene ring substituents is 1. The quantitative estimate of drug-likeness (QED) is 0.660. The number of nitrogen functional groups attached to an aromatic ring is 1. The number of nitrogens with two attached hydrogens (primary N) is 1. The maximum Gasteiger partial charge on any atom is 0.275 e. The molecule has 9 heteroatoms. The first-order chi connectivity index (χ1) is 8.97. The molecule has 1 aromatic heterocycles. The number of carbonyl (C=O) groups excluding carboxylic acids is 1. The number of hydrogen-bond donors (Lipinski definition) is 2. The predicted molar refractivity (Wildman–Crippen MR) is 67.5 cm³/mol. The topological polar surface area (TPSA) is 111 Å². The Labute approximate surface area is 110 Å². The van der Waals surface area contributed by atoms with Crippen LogP contribution in [0.5, 0.6) is 0 Å². The van der Waals surface area contributed by atoms with E-state index >= 15 is 0 Å². The normalized spacial score (nSPS) is 10.2. The van der Waals surface area contributed by atoms with Crippen molar-refractivity contribution in [2.24, 2.45) is 0 Å². The molecule has 3 N–H and O–H groups in total. The molecule has 0 aliphatic carbocycles. The zero-order valence-electron chi connectivity index (χ0n) is 9.29. The van der Waals surface area contributed by atoms with E-state index in [2.05, 4.69) is 10.3 Å². The van der Waals surface area contributed by atoms with Crippen molar-refractivity contribution in [2.45, 2.75) is 0 Å². The van der Waals surface area contributed by atoms with Crippen molar-refractivity contribution in [1.82, 2.24) is 4.98 Å². The lowest BCUT2D eigenvalue weighted by molar-refractivity contribution is -0.384. The van der Waals surface area contributed by atoms with Crippen molar-refractivity contribution in [2.75, 3.05) is 11.1 Å². The summed E-state index contributed by atoms with van der Waals surface area (Å²) in [5, 5.41) is 14.4. The van der Waals surface area contributed by atoms with Crippen LogP contribution in [-0.4, -0.2) is 15.8 Å². The molecule has 2 aromatic rings. The van der Waals surface area contributed by atoms with Gasteiger partial charge in [-0.05, 0) is 6.07 Å². The Morgan fingerprint density at radius 1 is 1.53 bits per heavy atom. The van der Waals surface area contributed by atoms with Gasteiger partial charge in [0.05, 0.1) is 10.6 Å². The zero-order valence-corrected chi connectivity index (χ0v) is 10.1. The van der Waals surface area contributed by atoms with Gasteiger partial charge in [-0.3, -0.25) is 14.9 Å². The van der Waals surface area contributed by atoms with Crippen LogP contribution in [0.3, 0.4) is 0 Å². The van der Waals surface area contributed by atoms with Gasteiger partial charge in [0.1, 0.15) is 11.5 Å². The Kier molecular flexibility index (Phi) is 3.38. The third-order valence-corrected chi connectivity index (χ3v) is 2.84. The molecular formula is C10H7FN4O3S. The van der Waals surface area contributed by atoms with Gasteiger partial charge in [-0.25, -0.2) is 9.37 Å². The highest BCUT2D eigenvalue weighted by molar-refractivity contribution is 7.13. The lowest BCUT2D eigenvalue weighted by Crippen LogP contribution is -2.13. The van der Waals surface area contributed by atoms with Crippen LogP contribution >= 0.6 is 11.3 Å². The molecule has 0 aliphatic rings. The van der Waals surface area contributed by atoms with Crippen LogP contribution in [0.1, 0.15) is 10.5 Å². The van der Waals surface area contributed by atoms with Gasteiger partial charge < -0.3 is 11.1 Å². The lowest BCUT2D eigenvalue weighted by Gasteiger charge is -2.04. The van der Waals surface area contributed by atoms with Crippen molar-refractivity contribution in [3.8, 4) is 0 Å². The summed E-state index contributed by atoms with van der Waals surface area (Å²) in [5.74, 6) is -1.46. The first kappa shape index (κ1) is 12.9. The number of thiazole rings is 1. The molecule has 98 valence electrons. The van der Waals surface area contributed by atoms with E-state index in [1.165, 1.54) is 5.38 Å². The fourth-order valence-corrected chi connectivity index (χ4v) is 1.84. The minimum atomic E-state index is -0.776. The number of carbonyl (C=O) groups is 1. The summed E-state index contributed by atoms with van der Waals surface area (Å²) < 4.78 is 13.4. The Morgan fingerprint density at radius 2 is 2.26 bits per heavy atom. The summed E-state index contributed by atoms with van der Waals surface area (Å²) in [7, 11) is 0. The van der Waals surface area contributed by atoms with E-state index in [-0.39, 0.29) is 22.2 Å². The minimum Gasteiger partial charge on any atom is -0.375 e. The maximum absolute atomic E-state index is 13.4. The van der Waals surface area contributed by atoms with E-state index in [4.69, 9.17) is 5.73 Å². The molecule has 0 aliphatic heterocycles. The fourth-order valence-electron chi connectivity index (χ4n) is 1.30. The number of nitro groups is 1. The number of halogens is 1. The van der Waals surface area contributed by atoms with Crippen molar-refractivity contribution in [3.63, 3.8) is 0 Å². The number of benzene rings is 1. The average molecular weight is 282 g/mol.